The van der Waals surface area contributed by atoms with Gasteiger partial charge in [-0.1, -0.05) is 6.08 Å². The number of ether oxygens (including phenoxy) is 2. The summed E-state index contributed by atoms with van der Waals surface area (Å²) in [7, 11) is 0. The number of rotatable bonds is 0. The molecule has 1 unspecified atom stereocenters. The van der Waals surface area contributed by atoms with Gasteiger partial charge < -0.3 is 9.47 Å². The molecule has 1 fully saturated rings. The first-order valence-corrected chi connectivity index (χ1v) is 3.87. The van der Waals surface area contributed by atoms with Crippen molar-refractivity contribution in [1.29, 1.82) is 0 Å². The van der Waals surface area contributed by atoms with E-state index in [2.05, 4.69) is 12.2 Å². The lowest BCUT2D eigenvalue weighted by Gasteiger charge is -2.27. The van der Waals surface area contributed by atoms with Gasteiger partial charge in [-0.3, -0.25) is 0 Å². The highest BCUT2D eigenvalue weighted by Gasteiger charge is 2.34. The molecule has 2 aliphatic heterocycles. The van der Waals surface area contributed by atoms with E-state index in [1.165, 1.54) is 0 Å². The summed E-state index contributed by atoms with van der Waals surface area (Å²) in [5.74, 6) is -0.307. The van der Waals surface area contributed by atoms with Crippen LogP contribution in [-0.4, -0.2) is 19.0 Å². The van der Waals surface area contributed by atoms with Crippen LogP contribution in [0.4, 0.5) is 0 Å². The maximum absolute atomic E-state index is 5.52. The average Bonchev–Trinajstić information content (AvgIpc) is 2.39. The molecule has 0 saturated carbocycles. The molecule has 2 rings (SSSR count). The Hall–Kier alpha value is -0.340. The first kappa shape index (κ1) is 6.38. The Morgan fingerprint density at radius 3 is 2.70 bits per heavy atom. The van der Waals surface area contributed by atoms with E-state index in [9.17, 15) is 0 Å². The van der Waals surface area contributed by atoms with Crippen LogP contribution in [0.3, 0.4) is 0 Å². The summed E-state index contributed by atoms with van der Waals surface area (Å²) in [5.41, 5.74) is 0. The van der Waals surface area contributed by atoms with E-state index in [-0.39, 0.29) is 5.79 Å². The molecule has 0 radical (unpaired) electrons. The highest BCUT2D eigenvalue weighted by Crippen LogP contribution is 2.30. The van der Waals surface area contributed by atoms with Crippen LogP contribution >= 0.6 is 0 Å². The van der Waals surface area contributed by atoms with Crippen LogP contribution in [0.15, 0.2) is 12.2 Å². The minimum absolute atomic E-state index is 0.307. The summed E-state index contributed by atoms with van der Waals surface area (Å²) < 4.78 is 11.0. The van der Waals surface area contributed by atoms with Crippen molar-refractivity contribution >= 4 is 0 Å². The van der Waals surface area contributed by atoms with Gasteiger partial charge in [0.2, 0.25) is 0 Å². The third-order valence-electron chi connectivity index (χ3n) is 2.02. The van der Waals surface area contributed by atoms with Crippen molar-refractivity contribution in [3.8, 4) is 0 Å². The van der Waals surface area contributed by atoms with Crippen LogP contribution in [0.2, 0.25) is 0 Å². The zero-order valence-electron chi connectivity index (χ0n) is 6.01. The fraction of sp³-hybridized carbons (Fsp3) is 0.750. The van der Waals surface area contributed by atoms with Gasteiger partial charge in [0.1, 0.15) is 0 Å². The Bertz CT molecular complexity index is 145. The molecule has 56 valence electrons. The highest BCUT2D eigenvalue weighted by atomic mass is 16.7. The predicted molar refractivity (Wildman–Crippen MR) is 37.6 cm³/mol. The summed E-state index contributed by atoms with van der Waals surface area (Å²) in [6, 6.07) is 0. The SMILES string of the molecule is C1=CC2(CCCO2)OCC1. The molecule has 2 nitrogen and oxygen atoms in total. The van der Waals surface area contributed by atoms with Crippen molar-refractivity contribution in [2.75, 3.05) is 13.2 Å². The Labute approximate surface area is 60.8 Å². The first-order valence-electron chi connectivity index (χ1n) is 3.87. The van der Waals surface area contributed by atoms with Crippen LogP contribution < -0.4 is 0 Å². The lowest BCUT2D eigenvalue weighted by molar-refractivity contribution is -0.179. The second kappa shape index (κ2) is 2.36. The molecule has 0 aromatic rings. The minimum atomic E-state index is -0.307. The Morgan fingerprint density at radius 2 is 2.10 bits per heavy atom. The van der Waals surface area contributed by atoms with Gasteiger partial charge in [0.15, 0.2) is 5.79 Å². The third-order valence-corrected chi connectivity index (χ3v) is 2.02. The summed E-state index contributed by atoms with van der Waals surface area (Å²) in [6.07, 6.45) is 7.40. The molecule has 1 atom stereocenters. The average molecular weight is 140 g/mol. The van der Waals surface area contributed by atoms with Crippen LogP contribution in [0, 0.1) is 0 Å². The van der Waals surface area contributed by atoms with E-state index < -0.39 is 0 Å². The summed E-state index contributed by atoms with van der Waals surface area (Å²) in [4.78, 5) is 0. The van der Waals surface area contributed by atoms with Gasteiger partial charge in [0.05, 0.1) is 13.2 Å². The van der Waals surface area contributed by atoms with Crippen molar-refractivity contribution in [2.45, 2.75) is 25.0 Å². The van der Waals surface area contributed by atoms with Gasteiger partial charge in [0, 0.05) is 6.42 Å². The lowest BCUT2D eigenvalue weighted by atomic mass is 10.1. The van der Waals surface area contributed by atoms with Gasteiger partial charge in [-0.05, 0) is 18.9 Å². The Morgan fingerprint density at radius 1 is 1.20 bits per heavy atom. The zero-order chi connectivity index (χ0) is 6.86. The molecule has 2 aliphatic rings. The summed E-state index contributed by atoms with van der Waals surface area (Å²) >= 11 is 0. The van der Waals surface area contributed by atoms with Gasteiger partial charge in [-0.25, -0.2) is 0 Å². The number of hydrogen-bond donors (Lipinski definition) is 0. The van der Waals surface area contributed by atoms with Crippen LogP contribution in [0.1, 0.15) is 19.3 Å². The summed E-state index contributed by atoms with van der Waals surface area (Å²) in [5, 5.41) is 0. The molecular formula is C8H12O2. The largest absolute Gasteiger partial charge is 0.346 e. The second-order valence-electron chi connectivity index (χ2n) is 2.80. The van der Waals surface area contributed by atoms with Crippen LogP contribution in [-0.2, 0) is 9.47 Å². The molecule has 0 amide bonds. The Balaban J connectivity index is 2.11. The first-order chi connectivity index (χ1) is 4.91. The highest BCUT2D eigenvalue weighted by molar-refractivity contribution is 5.01. The van der Waals surface area contributed by atoms with Crippen LogP contribution in [0.5, 0.6) is 0 Å². The lowest BCUT2D eigenvalue weighted by Crippen LogP contribution is -2.31. The Kier molecular flexibility index (Phi) is 1.51. The molecule has 1 spiro atoms. The van der Waals surface area contributed by atoms with Crippen molar-refractivity contribution in [1.82, 2.24) is 0 Å². The van der Waals surface area contributed by atoms with Gasteiger partial charge in [0.25, 0.3) is 0 Å². The fourth-order valence-electron chi connectivity index (χ4n) is 1.49. The van der Waals surface area contributed by atoms with Gasteiger partial charge in [-0.2, -0.15) is 0 Å². The third kappa shape index (κ3) is 0.976. The molecule has 1 saturated heterocycles. The molecule has 0 N–H and O–H groups in total. The van der Waals surface area contributed by atoms with E-state index in [1.54, 1.807) is 0 Å². The molecule has 0 aromatic heterocycles. The smallest absolute Gasteiger partial charge is 0.187 e. The van der Waals surface area contributed by atoms with E-state index in [4.69, 9.17) is 9.47 Å². The zero-order valence-corrected chi connectivity index (χ0v) is 6.01. The minimum Gasteiger partial charge on any atom is -0.346 e. The van der Waals surface area contributed by atoms with Gasteiger partial charge in [-0.15, -0.1) is 0 Å². The summed E-state index contributed by atoms with van der Waals surface area (Å²) in [6.45, 7) is 1.67. The predicted octanol–water partition coefficient (Wildman–Crippen LogP) is 1.47. The molecule has 2 heterocycles. The maximum atomic E-state index is 5.52. The van der Waals surface area contributed by atoms with E-state index in [0.717, 1.165) is 32.5 Å². The fourth-order valence-corrected chi connectivity index (χ4v) is 1.49. The second-order valence-corrected chi connectivity index (χ2v) is 2.80. The van der Waals surface area contributed by atoms with Crippen LogP contribution in [0.25, 0.3) is 0 Å². The maximum Gasteiger partial charge on any atom is 0.187 e. The van der Waals surface area contributed by atoms with E-state index >= 15 is 0 Å². The van der Waals surface area contributed by atoms with E-state index in [1.807, 2.05) is 0 Å². The quantitative estimate of drug-likeness (QED) is 0.474. The van der Waals surface area contributed by atoms with Crippen molar-refractivity contribution in [2.24, 2.45) is 0 Å². The van der Waals surface area contributed by atoms with E-state index in [0.29, 0.717) is 0 Å². The molecule has 0 aromatic carbocycles. The standard InChI is InChI=1S/C8H12O2/c1-2-6-9-8(4-1)5-3-7-10-8/h1,4H,2-3,5-7H2. The van der Waals surface area contributed by atoms with Crippen molar-refractivity contribution in [3.63, 3.8) is 0 Å². The molecule has 2 heteroatoms. The number of hydrogen-bond acceptors (Lipinski definition) is 2. The monoisotopic (exact) mass is 140 g/mol. The van der Waals surface area contributed by atoms with Crippen molar-refractivity contribution < 1.29 is 9.47 Å². The molecule has 10 heavy (non-hydrogen) atoms. The topological polar surface area (TPSA) is 18.5 Å². The molecule has 0 bridgehead atoms. The van der Waals surface area contributed by atoms with Crippen molar-refractivity contribution in [3.05, 3.63) is 12.2 Å². The molecule has 0 aliphatic carbocycles. The normalized spacial score (nSPS) is 39.2. The van der Waals surface area contributed by atoms with Gasteiger partial charge >= 0.3 is 0 Å². The molecular weight excluding hydrogens is 128 g/mol.